The average Bonchev–Trinajstić information content (AvgIpc) is 3.35. The van der Waals surface area contributed by atoms with Crippen molar-refractivity contribution in [2.75, 3.05) is 38.1 Å². The van der Waals surface area contributed by atoms with E-state index in [2.05, 4.69) is 24.1 Å². The molecule has 1 aliphatic heterocycles. The summed E-state index contributed by atoms with van der Waals surface area (Å²) >= 11 is 6.06. The lowest BCUT2D eigenvalue weighted by molar-refractivity contribution is -0.120. The number of nitrogens with zero attached hydrogens (tertiary/aromatic N) is 2. The first kappa shape index (κ1) is 31.1. The van der Waals surface area contributed by atoms with Gasteiger partial charge >= 0.3 is 0 Å². The van der Waals surface area contributed by atoms with Crippen molar-refractivity contribution < 1.29 is 18.7 Å². The smallest absolute Gasteiger partial charge is 0.258 e. The second kappa shape index (κ2) is 15.4. The Bertz CT molecular complexity index is 1280. The summed E-state index contributed by atoms with van der Waals surface area (Å²) in [6, 6.07) is 14.8. The highest BCUT2D eigenvalue weighted by atomic mass is 35.5. The van der Waals surface area contributed by atoms with Gasteiger partial charge in [-0.25, -0.2) is 0 Å². The Hall–Kier alpha value is -2.87. The molecule has 2 heterocycles. The third-order valence-electron chi connectivity index (χ3n) is 7.84. The minimum atomic E-state index is -0.260. The monoisotopic (exact) mass is 581 g/mol. The van der Waals surface area contributed by atoms with Gasteiger partial charge in [-0.15, -0.1) is 0 Å². The summed E-state index contributed by atoms with van der Waals surface area (Å²) in [6.45, 7) is 9.83. The number of benzene rings is 2. The summed E-state index contributed by atoms with van der Waals surface area (Å²) in [7, 11) is 0. The summed E-state index contributed by atoms with van der Waals surface area (Å²) in [5.74, 6) is 0.838. The number of ether oxygens (including phenoxy) is 1. The normalized spacial score (nSPS) is 15.0. The van der Waals surface area contributed by atoms with Gasteiger partial charge in [-0.3, -0.25) is 14.5 Å². The van der Waals surface area contributed by atoms with Crippen molar-refractivity contribution in [1.82, 2.24) is 9.80 Å². The summed E-state index contributed by atoms with van der Waals surface area (Å²) in [4.78, 5) is 30.6. The van der Waals surface area contributed by atoms with Gasteiger partial charge in [0, 0.05) is 48.8 Å². The van der Waals surface area contributed by atoms with Crippen LogP contribution in [0.2, 0.25) is 5.02 Å². The van der Waals surface area contributed by atoms with Crippen molar-refractivity contribution in [3.63, 3.8) is 0 Å². The molecule has 1 saturated heterocycles. The second-order valence-corrected chi connectivity index (χ2v) is 11.4. The highest BCUT2D eigenvalue weighted by Crippen LogP contribution is 2.29. The molecule has 1 aliphatic rings. The number of piperidine rings is 1. The second-order valence-electron chi connectivity index (χ2n) is 10.9. The number of fused-ring (bicyclic) bond motifs is 1. The number of likely N-dealkylation sites (tertiary alicyclic amines) is 1. The molecule has 3 aromatic rings. The van der Waals surface area contributed by atoms with Gasteiger partial charge in [0.25, 0.3) is 5.91 Å². The molecule has 1 unspecified atom stereocenters. The van der Waals surface area contributed by atoms with Crippen LogP contribution in [0.4, 0.5) is 5.69 Å². The van der Waals surface area contributed by atoms with Gasteiger partial charge in [0.05, 0.1) is 17.7 Å². The fourth-order valence-electron chi connectivity index (χ4n) is 5.51. The molecular formula is C33H44ClN3O4. The van der Waals surface area contributed by atoms with Gasteiger partial charge in [0.15, 0.2) is 0 Å². The number of hydrogen-bond acceptors (Lipinski definition) is 5. The van der Waals surface area contributed by atoms with Crippen LogP contribution in [0.3, 0.4) is 0 Å². The molecule has 222 valence electrons. The molecule has 0 radical (unpaired) electrons. The van der Waals surface area contributed by atoms with E-state index in [9.17, 15) is 9.59 Å². The molecule has 1 N–H and O–H groups in total. The molecule has 1 atom stereocenters. The molecule has 1 fully saturated rings. The molecule has 0 saturated carbocycles. The predicted octanol–water partition coefficient (Wildman–Crippen LogP) is 7.18. The first-order chi connectivity index (χ1) is 19.9. The van der Waals surface area contributed by atoms with E-state index in [0.717, 1.165) is 80.3 Å². The number of halogens is 1. The molecular weight excluding hydrogens is 538 g/mol. The fourth-order valence-corrected chi connectivity index (χ4v) is 5.70. The number of rotatable bonds is 14. The zero-order valence-electron chi connectivity index (χ0n) is 24.7. The molecule has 2 amide bonds. The van der Waals surface area contributed by atoms with Crippen molar-refractivity contribution in [3.05, 3.63) is 64.9 Å². The molecule has 0 aliphatic carbocycles. The Balaban J connectivity index is 1.23. The van der Waals surface area contributed by atoms with Crippen molar-refractivity contribution in [1.29, 1.82) is 0 Å². The minimum Gasteiger partial charge on any atom is -0.460 e. The third-order valence-corrected chi connectivity index (χ3v) is 8.08. The van der Waals surface area contributed by atoms with Gasteiger partial charge in [-0.1, -0.05) is 56.1 Å². The van der Waals surface area contributed by atoms with E-state index in [1.54, 1.807) is 12.1 Å². The van der Waals surface area contributed by atoms with Crippen LogP contribution in [-0.2, 0) is 16.0 Å². The molecule has 0 spiro atoms. The first-order valence-electron chi connectivity index (χ1n) is 15.1. The van der Waals surface area contributed by atoms with Crippen LogP contribution in [-0.4, -0.2) is 66.5 Å². The number of unbranched alkanes of at least 4 members (excludes halogenated alkanes) is 1. The van der Waals surface area contributed by atoms with Crippen LogP contribution in [0, 0.1) is 0 Å². The number of para-hydroxylation sites is 1. The van der Waals surface area contributed by atoms with Gasteiger partial charge < -0.3 is 19.4 Å². The number of hydrogen-bond donors (Lipinski definition) is 1. The Kier molecular flexibility index (Phi) is 11.7. The lowest BCUT2D eigenvalue weighted by Gasteiger charge is -2.32. The summed E-state index contributed by atoms with van der Waals surface area (Å²) in [5, 5.41) is 4.48. The SMILES string of the molecule is CCCCc1oc2ccccc2c1C(=O)N1CCC(OCCCN(CCC)C(C)C(=O)Nc2cccc(Cl)c2)CC1. The Morgan fingerprint density at radius 2 is 1.85 bits per heavy atom. The van der Waals surface area contributed by atoms with E-state index in [0.29, 0.717) is 30.4 Å². The van der Waals surface area contributed by atoms with E-state index in [1.165, 1.54) is 0 Å². The van der Waals surface area contributed by atoms with Crippen LogP contribution in [0.15, 0.2) is 52.9 Å². The topological polar surface area (TPSA) is 75.0 Å². The number of nitrogens with one attached hydrogen (secondary N) is 1. The van der Waals surface area contributed by atoms with E-state index < -0.39 is 0 Å². The molecule has 2 aromatic carbocycles. The zero-order chi connectivity index (χ0) is 29.2. The van der Waals surface area contributed by atoms with Crippen LogP contribution in [0.1, 0.15) is 75.4 Å². The Morgan fingerprint density at radius 3 is 2.59 bits per heavy atom. The Labute approximate surface area is 249 Å². The van der Waals surface area contributed by atoms with Gasteiger partial charge in [-0.2, -0.15) is 0 Å². The quantitative estimate of drug-likeness (QED) is 0.204. The van der Waals surface area contributed by atoms with Crippen molar-refractivity contribution in [3.8, 4) is 0 Å². The van der Waals surface area contributed by atoms with Crippen molar-refractivity contribution in [2.45, 2.75) is 77.9 Å². The summed E-state index contributed by atoms with van der Waals surface area (Å²) < 4.78 is 12.3. The van der Waals surface area contributed by atoms with Gasteiger partial charge in [-0.05, 0) is 69.8 Å². The van der Waals surface area contributed by atoms with Crippen LogP contribution in [0.25, 0.3) is 11.0 Å². The fraction of sp³-hybridized carbons (Fsp3) is 0.515. The summed E-state index contributed by atoms with van der Waals surface area (Å²) in [5.41, 5.74) is 2.23. The molecule has 4 rings (SSSR count). The van der Waals surface area contributed by atoms with E-state index in [4.69, 9.17) is 20.8 Å². The lowest BCUT2D eigenvalue weighted by Crippen LogP contribution is -2.43. The van der Waals surface area contributed by atoms with Crippen molar-refractivity contribution in [2.24, 2.45) is 0 Å². The number of carbonyl (C=O) groups is 2. The number of furan rings is 1. The van der Waals surface area contributed by atoms with E-state index in [1.807, 2.05) is 48.2 Å². The maximum atomic E-state index is 13.6. The van der Waals surface area contributed by atoms with E-state index >= 15 is 0 Å². The molecule has 7 nitrogen and oxygen atoms in total. The van der Waals surface area contributed by atoms with Crippen molar-refractivity contribution >= 4 is 40.1 Å². The molecule has 1 aromatic heterocycles. The maximum Gasteiger partial charge on any atom is 0.258 e. The third kappa shape index (κ3) is 8.34. The highest BCUT2D eigenvalue weighted by Gasteiger charge is 2.29. The first-order valence-corrected chi connectivity index (χ1v) is 15.5. The molecule has 8 heteroatoms. The maximum absolute atomic E-state index is 13.6. The average molecular weight is 582 g/mol. The predicted molar refractivity (Wildman–Crippen MR) is 166 cm³/mol. The molecule has 0 bridgehead atoms. The number of aryl methyl sites for hydroxylation is 1. The number of carbonyl (C=O) groups excluding carboxylic acids is 2. The number of anilines is 1. The van der Waals surface area contributed by atoms with Crippen LogP contribution >= 0.6 is 11.6 Å². The van der Waals surface area contributed by atoms with E-state index in [-0.39, 0.29) is 24.0 Å². The van der Waals surface area contributed by atoms with Crippen LogP contribution < -0.4 is 5.32 Å². The Morgan fingerprint density at radius 1 is 1.07 bits per heavy atom. The number of amides is 2. The van der Waals surface area contributed by atoms with Gasteiger partial charge in [0.1, 0.15) is 11.3 Å². The molecule has 41 heavy (non-hydrogen) atoms. The zero-order valence-corrected chi connectivity index (χ0v) is 25.4. The minimum absolute atomic E-state index is 0.0399. The summed E-state index contributed by atoms with van der Waals surface area (Å²) in [6.07, 6.45) is 6.43. The highest BCUT2D eigenvalue weighted by molar-refractivity contribution is 6.30. The largest absolute Gasteiger partial charge is 0.460 e. The lowest BCUT2D eigenvalue weighted by atomic mass is 10.0. The van der Waals surface area contributed by atoms with Gasteiger partial charge in [0.2, 0.25) is 5.91 Å². The standard InChI is InChI=1S/C33H44ClN3O4/c1-4-6-14-30-31(28-13-7-8-15-29(28)41-30)33(39)37-20-16-27(17-21-37)40-22-10-19-36(18-5-2)24(3)32(38)35-26-12-9-11-25(34)23-26/h7-9,11-13,15,23-24,27H,4-6,10,14,16-22H2,1-3H3,(H,35,38). The van der Waals surface area contributed by atoms with Crippen LogP contribution in [0.5, 0.6) is 0 Å².